The molecule has 0 aliphatic heterocycles. The Morgan fingerprint density at radius 3 is 2.69 bits per heavy atom. The topological polar surface area (TPSA) is 38.3 Å². The Balaban J connectivity index is 3.30. The minimum atomic E-state index is 0.0624. The lowest BCUT2D eigenvalue weighted by molar-refractivity contribution is 0.0987. The number of methoxy groups -OCH3 is 1. The van der Waals surface area contributed by atoms with Crippen LogP contribution in [0, 0.1) is 6.92 Å². The van der Waals surface area contributed by atoms with Gasteiger partial charge in [-0.15, -0.1) is 11.8 Å². The molecule has 1 N–H and O–H groups in total. The zero-order valence-corrected chi connectivity index (χ0v) is 10.9. The molecule has 88 valence electrons. The molecule has 0 aromatic heterocycles. The van der Waals surface area contributed by atoms with E-state index in [1.54, 1.807) is 25.9 Å². The van der Waals surface area contributed by atoms with Crippen molar-refractivity contribution in [3.63, 3.8) is 0 Å². The van der Waals surface area contributed by atoms with Crippen LogP contribution in [-0.2, 0) is 0 Å². The lowest BCUT2D eigenvalue weighted by atomic mass is 10.1. The number of carbonyl (C=O) groups excluding carboxylic acids is 1. The second-order valence-corrected chi connectivity index (χ2v) is 4.29. The zero-order valence-electron chi connectivity index (χ0n) is 10.1. The highest BCUT2D eigenvalue weighted by Crippen LogP contribution is 2.32. The largest absolute Gasteiger partial charge is 0.496 e. The van der Waals surface area contributed by atoms with Crippen LogP contribution in [0.1, 0.15) is 15.9 Å². The van der Waals surface area contributed by atoms with Crippen LogP contribution in [0.15, 0.2) is 17.0 Å². The standard InChI is InChI=1S/C12H17NO2S/c1-8-5-6-10(16-4)11(12(8)15-3)9(14)7-13-2/h5-6,13H,7H2,1-4H3. The fourth-order valence-electron chi connectivity index (χ4n) is 1.61. The van der Waals surface area contributed by atoms with Crippen molar-refractivity contribution in [2.24, 2.45) is 0 Å². The van der Waals surface area contributed by atoms with E-state index in [0.29, 0.717) is 17.9 Å². The first-order valence-corrected chi connectivity index (χ1v) is 6.27. The Hall–Kier alpha value is -1.00. The molecule has 3 nitrogen and oxygen atoms in total. The van der Waals surface area contributed by atoms with Gasteiger partial charge in [-0.1, -0.05) is 6.07 Å². The quantitative estimate of drug-likeness (QED) is 0.631. The molecule has 4 heteroatoms. The highest BCUT2D eigenvalue weighted by molar-refractivity contribution is 7.98. The highest BCUT2D eigenvalue weighted by atomic mass is 32.2. The predicted octanol–water partition coefficient (Wildman–Crippen LogP) is 2.13. The van der Waals surface area contributed by atoms with Crippen molar-refractivity contribution in [1.82, 2.24) is 5.32 Å². The molecule has 0 aliphatic carbocycles. The molecule has 0 bridgehead atoms. The molecule has 0 unspecified atom stereocenters. The molecule has 0 heterocycles. The second-order valence-electron chi connectivity index (χ2n) is 3.45. The summed E-state index contributed by atoms with van der Waals surface area (Å²) in [7, 11) is 3.36. The third kappa shape index (κ3) is 2.57. The normalized spacial score (nSPS) is 10.2. The number of ether oxygens (including phenoxy) is 1. The molecular formula is C12H17NO2S. The van der Waals surface area contributed by atoms with E-state index >= 15 is 0 Å². The molecule has 0 radical (unpaired) electrons. The van der Waals surface area contributed by atoms with Gasteiger partial charge in [0.2, 0.25) is 0 Å². The molecule has 0 aliphatic rings. The molecule has 0 saturated carbocycles. The average molecular weight is 239 g/mol. The van der Waals surface area contributed by atoms with Crippen molar-refractivity contribution in [3.8, 4) is 5.75 Å². The third-order valence-corrected chi connectivity index (χ3v) is 3.14. The van der Waals surface area contributed by atoms with Crippen molar-refractivity contribution in [1.29, 1.82) is 0 Å². The Morgan fingerprint density at radius 2 is 2.19 bits per heavy atom. The number of aryl methyl sites for hydroxylation is 1. The van der Waals surface area contributed by atoms with Crippen molar-refractivity contribution in [2.45, 2.75) is 11.8 Å². The Kier molecular flexibility index (Phi) is 4.83. The molecule has 1 rings (SSSR count). The van der Waals surface area contributed by atoms with Gasteiger partial charge in [0.25, 0.3) is 0 Å². The van der Waals surface area contributed by atoms with E-state index in [9.17, 15) is 4.79 Å². The molecule has 1 aromatic carbocycles. The Labute approximate surface area is 101 Å². The first kappa shape index (κ1) is 13.1. The Morgan fingerprint density at radius 1 is 1.50 bits per heavy atom. The molecule has 0 amide bonds. The van der Waals surface area contributed by atoms with E-state index in [1.165, 1.54) is 0 Å². The minimum absolute atomic E-state index is 0.0624. The van der Waals surface area contributed by atoms with Gasteiger partial charge in [0.15, 0.2) is 5.78 Å². The van der Waals surface area contributed by atoms with Crippen LogP contribution in [0.5, 0.6) is 5.75 Å². The SMILES string of the molecule is CNCC(=O)c1c(SC)ccc(C)c1OC. The van der Waals surface area contributed by atoms with E-state index in [1.807, 2.05) is 25.3 Å². The maximum Gasteiger partial charge on any atom is 0.181 e. The van der Waals surface area contributed by atoms with E-state index in [4.69, 9.17) is 4.74 Å². The second kappa shape index (κ2) is 5.92. The summed E-state index contributed by atoms with van der Waals surface area (Å²) in [5.41, 5.74) is 1.67. The number of likely N-dealkylation sites (N-methyl/N-ethyl adjacent to an activating group) is 1. The summed E-state index contributed by atoms with van der Waals surface area (Å²) in [6.07, 6.45) is 1.96. The number of carbonyl (C=O) groups is 1. The van der Waals surface area contributed by atoms with Crippen LogP contribution in [0.25, 0.3) is 0 Å². The number of benzene rings is 1. The van der Waals surface area contributed by atoms with Gasteiger partial charge in [-0.3, -0.25) is 4.79 Å². The highest BCUT2D eigenvalue weighted by Gasteiger charge is 2.17. The fourth-order valence-corrected chi connectivity index (χ4v) is 2.23. The van der Waals surface area contributed by atoms with Crippen molar-refractivity contribution in [2.75, 3.05) is 27.0 Å². The summed E-state index contributed by atoms with van der Waals surface area (Å²) >= 11 is 1.56. The lowest BCUT2D eigenvalue weighted by Crippen LogP contribution is -2.20. The van der Waals surface area contributed by atoms with Gasteiger partial charge >= 0.3 is 0 Å². The van der Waals surface area contributed by atoms with E-state index in [0.717, 1.165) is 10.5 Å². The first-order chi connectivity index (χ1) is 7.65. The van der Waals surface area contributed by atoms with E-state index in [2.05, 4.69) is 5.32 Å². The smallest absolute Gasteiger partial charge is 0.181 e. The minimum Gasteiger partial charge on any atom is -0.496 e. The summed E-state index contributed by atoms with van der Waals surface area (Å²) < 4.78 is 5.32. The molecule has 0 fully saturated rings. The third-order valence-electron chi connectivity index (χ3n) is 2.36. The van der Waals surface area contributed by atoms with Crippen LogP contribution in [0.2, 0.25) is 0 Å². The van der Waals surface area contributed by atoms with Gasteiger partial charge < -0.3 is 10.1 Å². The number of nitrogens with one attached hydrogen (secondary N) is 1. The summed E-state index contributed by atoms with van der Waals surface area (Å²) in [4.78, 5) is 13.0. The van der Waals surface area contributed by atoms with Gasteiger partial charge in [-0.2, -0.15) is 0 Å². The number of rotatable bonds is 5. The Bertz CT molecular complexity index is 391. The van der Waals surface area contributed by atoms with Crippen LogP contribution in [0.3, 0.4) is 0 Å². The first-order valence-electron chi connectivity index (χ1n) is 5.05. The molecular weight excluding hydrogens is 222 g/mol. The van der Waals surface area contributed by atoms with Crippen molar-refractivity contribution < 1.29 is 9.53 Å². The monoisotopic (exact) mass is 239 g/mol. The summed E-state index contributed by atoms with van der Waals surface area (Å²) in [6, 6.07) is 3.94. The molecule has 0 spiro atoms. The van der Waals surface area contributed by atoms with Crippen LogP contribution >= 0.6 is 11.8 Å². The maximum atomic E-state index is 12.0. The van der Waals surface area contributed by atoms with Gasteiger partial charge in [-0.25, -0.2) is 0 Å². The number of hydrogen-bond donors (Lipinski definition) is 1. The van der Waals surface area contributed by atoms with Crippen molar-refractivity contribution >= 4 is 17.5 Å². The number of thioether (sulfide) groups is 1. The molecule has 16 heavy (non-hydrogen) atoms. The van der Waals surface area contributed by atoms with Crippen molar-refractivity contribution in [3.05, 3.63) is 23.3 Å². The summed E-state index contributed by atoms with van der Waals surface area (Å²) in [5.74, 6) is 0.750. The van der Waals surface area contributed by atoms with Crippen LogP contribution < -0.4 is 10.1 Å². The van der Waals surface area contributed by atoms with E-state index in [-0.39, 0.29) is 5.78 Å². The number of ketones is 1. The zero-order chi connectivity index (χ0) is 12.1. The molecule has 0 atom stereocenters. The van der Waals surface area contributed by atoms with Gasteiger partial charge in [-0.05, 0) is 31.9 Å². The predicted molar refractivity (Wildman–Crippen MR) is 67.8 cm³/mol. The van der Waals surface area contributed by atoms with Gasteiger partial charge in [0.05, 0.1) is 19.2 Å². The number of Topliss-reactive ketones (excluding diaryl/α,β-unsaturated/α-hetero) is 1. The maximum absolute atomic E-state index is 12.0. The number of hydrogen-bond acceptors (Lipinski definition) is 4. The molecule has 1 aromatic rings. The summed E-state index contributed by atoms with van der Waals surface area (Å²) in [6.45, 7) is 2.27. The lowest BCUT2D eigenvalue weighted by Gasteiger charge is -2.13. The average Bonchev–Trinajstić information content (AvgIpc) is 2.28. The van der Waals surface area contributed by atoms with Gasteiger partial charge in [0.1, 0.15) is 5.75 Å². The van der Waals surface area contributed by atoms with E-state index < -0.39 is 0 Å². The fraction of sp³-hybridized carbons (Fsp3) is 0.417. The summed E-state index contributed by atoms with van der Waals surface area (Å²) in [5, 5.41) is 2.87. The van der Waals surface area contributed by atoms with Gasteiger partial charge in [0, 0.05) is 4.90 Å². The molecule has 0 saturated heterocycles. The van der Waals surface area contributed by atoms with Crippen LogP contribution in [0.4, 0.5) is 0 Å². The van der Waals surface area contributed by atoms with Crippen LogP contribution in [-0.4, -0.2) is 32.7 Å².